The maximum Gasteiger partial charge on any atom is 0.338 e. The first kappa shape index (κ1) is 47.1. The normalized spacial score (nSPS) is 13.8. The van der Waals surface area contributed by atoms with Crippen LogP contribution < -0.4 is 14.9 Å². The zero-order valence-electron chi connectivity index (χ0n) is 35.6. The largest absolute Gasteiger partial charge is 0.462 e. The summed E-state index contributed by atoms with van der Waals surface area (Å²) in [7, 11) is -6.11. The number of benzene rings is 3. The first-order valence-corrected chi connectivity index (χ1v) is 24.1. The summed E-state index contributed by atoms with van der Waals surface area (Å²) >= 11 is 0. The Morgan fingerprint density at radius 3 is 2.12 bits per heavy atom. The molecule has 1 heterocycles. The van der Waals surface area contributed by atoms with Crippen LogP contribution >= 0.6 is 0 Å². The van der Waals surface area contributed by atoms with E-state index in [1.807, 2.05) is 24.8 Å². The van der Waals surface area contributed by atoms with Crippen LogP contribution in [0.2, 0.25) is 0 Å². The second-order valence-corrected chi connectivity index (χ2v) is 18.8. The van der Waals surface area contributed by atoms with Crippen molar-refractivity contribution in [2.75, 3.05) is 49.8 Å². The number of likely N-dealkylation sites (N-methyl/N-ethyl adjacent to an activating group) is 1. The summed E-state index contributed by atoms with van der Waals surface area (Å²) in [5.74, 6) is -1.41. The lowest BCUT2D eigenvalue weighted by Gasteiger charge is -2.27. The third-order valence-electron chi connectivity index (χ3n) is 10.3. The van der Waals surface area contributed by atoms with Gasteiger partial charge in [0, 0.05) is 38.1 Å². The van der Waals surface area contributed by atoms with Crippen LogP contribution in [-0.2, 0) is 29.6 Å². The molecule has 13 nitrogen and oxygen atoms in total. The number of unbranched alkanes of at least 4 members (excludes halogenated alkanes) is 11. The highest BCUT2D eigenvalue weighted by Gasteiger charge is 2.36. The number of carbonyl (C=O) groups is 2. The molecule has 1 amide bonds. The van der Waals surface area contributed by atoms with E-state index in [1.54, 1.807) is 55.5 Å². The summed E-state index contributed by atoms with van der Waals surface area (Å²) in [6.45, 7) is 9.33. The average molecular weight is 851 g/mol. The Labute approximate surface area is 351 Å². The van der Waals surface area contributed by atoms with Crippen molar-refractivity contribution >= 4 is 66.2 Å². The van der Waals surface area contributed by atoms with Crippen LogP contribution in [-0.4, -0.2) is 84.1 Å². The predicted molar refractivity (Wildman–Crippen MR) is 239 cm³/mol. The zero-order chi connectivity index (χ0) is 43.0. The first-order chi connectivity index (χ1) is 28.2. The van der Waals surface area contributed by atoms with Gasteiger partial charge < -0.3 is 15.0 Å². The van der Waals surface area contributed by atoms with Crippen molar-refractivity contribution in [2.45, 2.75) is 110 Å². The minimum atomic E-state index is -4.09. The average Bonchev–Trinajstić information content (AvgIpc) is 3.19. The molecule has 0 aromatic heterocycles. The lowest BCUT2D eigenvalue weighted by molar-refractivity contribution is -0.110. The van der Waals surface area contributed by atoms with E-state index >= 15 is 0 Å². The van der Waals surface area contributed by atoms with Gasteiger partial charge >= 0.3 is 5.97 Å². The standard InChI is InChI=1S/C44H62N6O7S2/c1-7-9-10-11-12-13-14-15-16-17-18-21-30-57-44(52)35-25-24-33(3)39(32-35)48-43(51)41(42-47-38-22-19-20-23-40(38)59(55,56)49(42)5)46-37-27-26-36(31-34(37)4)50(8-2)29-28-45-58(6,53)54/h19-20,22-27,31-32,45H,7-18,21,28-30H2,1-6H3,(H,48,51). The van der Waals surface area contributed by atoms with E-state index in [1.165, 1.54) is 70.9 Å². The summed E-state index contributed by atoms with van der Waals surface area (Å²) in [5.41, 5.74) is 3.06. The van der Waals surface area contributed by atoms with Crippen molar-refractivity contribution in [1.29, 1.82) is 0 Å². The third kappa shape index (κ3) is 14.0. The van der Waals surface area contributed by atoms with Gasteiger partial charge in [0.05, 0.1) is 29.8 Å². The molecule has 0 atom stereocenters. The molecule has 15 heteroatoms. The quantitative estimate of drug-likeness (QED) is 0.0514. The maximum absolute atomic E-state index is 14.3. The van der Waals surface area contributed by atoms with Crippen LogP contribution in [0, 0.1) is 13.8 Å². The van der Waals surface area contributed by atoms with Gasteiger partial charge in [-0.25, -0.2) is 36.3 Å². The zero-order valence-corrected chi connectivity index (χ0v) is 37.2. The molecule has 1 aliphatic rings. The number of amides is 1. The molecular formula is C44H62N6O7S2. The Balaban J connectivity index is 1.51. The van der Waals surface area contributed by atoms with Gasteiger partial charge in [0.1, 0.15) is 4.90 Å². The number of hydrogen-bond acceptors (Lipinski definition) is 10. The van der Waals surface area contributed by atoms with E-state index < -0.39 is 31.9 Å². The Morgan fingerprint density at radius 1 is 0.847 bits per heavy atom. The Hall–Kier alpha value is -4.60. The highest BCUT2D eigenvalue weighted by atomic mass is 32.2. The van der Waals surface area contributed by atoms with E-state index in [9.17, 15) is 26.4 Å². The topological polar surface area (TPSA) is 167 Å². The van der Waals surface area contributed by atoms with Crippen molar-refractivity contribution in [3.63, 3.8) is 0 Å². The molecule has 3 aromatic rings. The van der Waals surface area contributed by atoms with Gasteiger partial charge in [-0.2, -0.15) is 0 Å². The van der Waals surface area contributed by atoms with Crippen LogP contribution in [0.25, 0.3) is 0 Å². The van der Waals surface area contributed by atoms with Crippen molar-refractivity contribution in [3.05, 3.63) is 77.4 Å². The number of rotatable bonds is 24. The number of esters is 1. The fourth-order valence-electron chi connectivity index (χ4n) is 6.79. The SMILES string of the molecule is CCCCCCCCCCCCCCOC(=O)c1ccc(C)c(NC(=O)C(=Nc2ccc(N(CC)CCNS(C)(=O)=O)cc2C)C2=Nc3ccccc3S(=O)(=O)N2C)c1. The molecule has 0 saturated carbocycles. The minimum absolute atomic E-state index is 0.00196. The number of nitrogens with one attached hydrogen (secondary N) is 2. The smallest absolute Gasteiger partial charge is 0.338 e. The number of anilines is 2. The number of nitrogens with zero attached hydrogens (tertiary/aromatic N) is 4. The van der Waals surface area contributed by atoms with Crippen LogP contribution in [0.1, 0.15) is 112 Å². The van der Waals surface area contributed by atoms with Crippen LogP contribution in [0.5, 0.6) is 0 Å². The molecule has 0 unspecified atom stereocenters. The van der Waals surface area contributed by atoms with Crippen molar-refractivity contribution in [2.24, 2.45) is 9.98 Å². The number of fused-ring (bicyclic) bond motifs is 1. The number of hydrogen-bond donors (Lipinski definition) is 2. The van der Waals surface area contributed by atoms with E-state index in [-0.39, 0.29) is 34.2 Å². The second-order valence-electron chi connectivity index (χ2n) is 15.1. The van der Waals surface area contributed by atoms with Crippen LogP contribution in [0.15, 0.2) is 75.5 Å². The van der Waals surface area contributed by atoms with Gasteiger partial charge in [-0.1, -0.05) is 95.8 Å². The summed E-state index contributed by atoms with van der Waals surface area (Å²) in [6, 6.07) is 16.6. The van der Waals surface area contributed by atoms with E-state index in [4.69, 9.17) is 9.73 Å². The van der Waals surface area contributed by atoms with Crippen LogP contribution in [0.3, 0.4) is 0 Å². The number of ether oxygens (including phenoxy) is 1. The van der Waals surface area contributed by atoms with Gasteiger partial charge in [0.2, 0.25) is 10.0 Å². The molecular weight excluding hydrogens is 789 g/mol. The number of carbonyl (C=O) groups excluding carboxylic acids is 2. The Bertz CT molecular complexity index is 2190. The molecule has 0 aliphatic carbocycles. The molecule has 4 rings (SSSR count). The molecule has 59 heavy (non-hydrogen) atoms. The van der Waals surface area contributed by atoms with Crippen molar-refractivity contribution in [3.8, 4) is 0 Å². The molecule has 0 saturated heterocycles. The molecule has 3 aromatic carbocycles. The van der Waals surface area contributed by atoms with Crippen molar-refractivity contribution in [1.82, 2.24) is 9.03 Å². The number of amidine groups is 1. The maximum atomic E-state index is 14.3. The van der Waals surface area contributed by atoms with E-state index in [0.29, 0.717) is 42.2 Å². The van der Waals surface area contributed by atoms with Gasteiger partial charge in [-0.3, -0.25) is 9.10 Å². The summed E-state index contributed by atoms with van der Waals surface area (Å²) in [5, 5.41) is 2.86. The molecule has 0 radical (unpaired) electrons. The lowest BCUT2D eigenvalue weighted by Crippen LogP contribution is -2.44. The summed E-state index contributed by atoms with van der Waals surface area (Å²) in [4.78, 5) is 38.8. The molecule has 1 aliphatic heterocycles. The Morgan fingerprint density at radius 2 is 1.49 bits per heavy atom. The number of aryl methyl sites for hydroxylation is 2. The first-order valence-electron chi connectivity index (χ1n) is 20.8. The van der Waals surface area contributed by atoms with E-state index in [2.05, 4.69) is 22.0 Å². The van der Waals surface area contributed by atoms with Gasteiger partial charge in [0.15, 0.2) is 11.5 Å². The highest BCUT2D eigenvalue weighted by molar-refractivity contribution is 7.90. The number of sulfonamides is 2. The molecule has 0 fully saturated rings. The van der Waals surface area contributed by atoms with Crippen molar-refractivity contribution < 1.29 is 31.2 Å². The second kappa shape index (κ2) is 22.7. The number of para-hydroxylation sites is 1. The lowest BCUT2D eigenvalue weighted by atomic mass is 10.1. The molecule has 0 bridgehead atoms. The summed E-state index contributed by atoms with van der Waals surface area (Å²) in [6.07, 6.45) is 15.6. The highest BCUT2D eigenvalue weighted by Crippen LogP contribution is 2.33. The minimum Gasteiger partial charge on any atom is -0.462 e. The fraction of sp³-hybridized carbons (Fsp3) is 0.500. The molecule has 0 spiro atoms. The molecule has 2 N–H and O–H groups in total. The fourth-order valence-corrected chi connectivity index (χ4v) is 8.53. The van der Waals surface area contributed by atoms with Gasteiger partial charge in [0.25, 0.3) is 15.9 Å². The van der Waals surface area contributed by atoms with Gasteiger partial charge in [-0.05, 0) is 80.8 Å². The summed E-state index contributed by atoms with van der Waals surface area (Å²) < 4.78 is 59.6. The monoisotopic (exact) mass is 850 g/mol. The predicted octanol–water partition coefficient (Wildman–Crippen LogP) is 8.61. The number of aliphatic imine (C=N–C) groups is 2. The third-order valence-corrected chi connectivity index (χ3v) is 12.8. The van der Waals surface area contributed by atoms with Gasteiger partial charge in [-0.15, -0.1) is 0 Å². The Kier molecular flexibility index (Phi) is 18.1. The van der Waals surface area contributed by atoms with Crippen LogP contribution in [0.4, 0.5) is 22.7 Å². The molecule has 322 valence electrons. The van der Waals surface area contributed by atoms with E-state index in [0.717, 1.165) is 35.5 Å².